The molecule has 48 heavy (non-hydrogen) atoms. The zero-order valence-electron chi connectivity index (χ0n) is 27.7. The lowest BCUT2D eigenvalue weighted by Crippen LogP contribution is -2.36. The fraction of sp³-hybridized carbons (Fsp3) is 0.351. The van der Waals surface area contributed by atoms with Gasteiger partial charge in [-0.3, -0.25) is 0 Å². The molecule has 0 amide bonds. The average molecular weight is 709 g/mol. The van der Waals surface area contributed by atoms with E-state index in [2.05, 4.69) is 33.2 Å². The summed E-state index contributed by atoms with van der Waals surface area (Å²) >= 11 is 12.8. The number of sulfonamides is 1. The number of aryl methyl sites for hydroxylation is 3. The Hall–Kier alpha value is -3.63. The van der Waals surface area contributed by atoms with Crippen molar-refractivity contribution in [3.8, 4) is 5.75 Å². The molecule has 0 saturated heterocycles. The van der Waals surface area contributed by atoms with Crippen molar-refractivity contribution in [1.29, 1.82) is 0 Å². The number of methoxy groups -OCH3 is 1. The summed E-state index contributed by atoms with van der Waals surface area (Å²) < 4.78 is 36.9. The lowest BCUT2D eigenvalue weighted by molar-refractivity contribution is -0.651. The van der Waals surface area contributed by atoms with Crippen LogP contribution in [0.4, 0.5) is 11.4 Å². The SMILES string of the molecule is COc1ccc(S(=O)(=O)N(CCCCNc2c3c([nH+]c4ccc(Cl)cc24)CCCC3)CCNc2cc(C)[n+](C)c3ccc(Cl)cc23)cc1. The molecule has 5 aromatic rings. The van der Waals surface area contributed by atoms with Gasteiger partial charge in [0.05, 0.1) is 34.2 Å². The molecule has 6 rings (SSSR count). The number of hydrogen-bond acceptors (Lipinski definition) is 5. The third kappa shape index (κ3) is 7.34. The number of aromatic nitrogens is 2. The van der Waals surface area contributed by atoms with Crippen molar-refractivity contribution in [3.63, 3.8) is 0 Å². The highest BCUT2D eigenvalue weighted by atomic mass is 35.5. The van der Waals surface area contributed by atoms with Gasteiger partial charge in [0.25, 0.3) is 0 Å². The molecule has 0 saturated carbocycles. The second kappa shape index (κ2) is 14.9. The van der Waals surface area contributed by atoms with Crippen LogP contribution >= 0.6 is 23.2 Å². The third-order valence-corrected chi connectivity index (χ3v) is 11.7. The highest BCUT2D eigenvalue weighted by molar-refractivity contribution is 7.89. The van der Waals surface area contributed by atoms with Gasteiger partial charge in [-0.05, 0) is 80.6 Å². The Bertz CT molecular complexity index is 2060. The molecule has 11 heteroatoms. The van der Waals surface area contributed by atoms with Gasteiger partial charge < -0.3 is 15.4 Å². The molecular weight excluding hydrogens is 665 g/mol. The topological polar surface area (TPSA) is 88.7 Å². The second-order valence-corrected chi connectivity index (χ2v) is 15.2. The van der Waals surface area contributed by atoms with Gasteiger partial charge in [-0.1, -0.05) is 23.2 Å². The Morgan fingerprint density at radius 1 is 0.875 bits per heavy atom. The van der Waals surface area contributed by atoms with Crippen LogP contribution in [0.3, 0.4) is 0 Å². The lowest BCUT2D eigenvalue weighted by Gasteiger charge is -2.23. The number of H-pyrrole nitrogens is 1. The van der Waals surface area contributed by atoms with E-state index in [4.69, 9.17) is 27.9 Å². The first-order valence-corrected chi connectivity index (χ1v) is 18.7. The molecule has 1 aliphatic rings. The summed E-state index contributed by atoms with van der Waals surface area (Å²) in [5.74, 6) is 0.612. The Morgan fingerprint density at radius 2 is 1.60 bits per heavy atom. The van der Waals surface area contributed by atoms with Gasteiger partial charge in [0.1, 0.15) is 12.8 Å². The third-order valence-electron chi connectivity index (χ3n) is 9.31. The molecule has 3 aromatic carbocycles. The number of anilines is 2. The van der Waals surface area contributed by atoms with Crippen molar-refractivity contribution >= 4 is 66.4 Å². The van der Waals surface area contributed by atoms with E-state index in [1.54, 1.807) is 35.7 Å². The van der Waals surface area contributed by atoms with E-state index in [1.165, 1.54) is 17.7 Å². The predicted molar refractivity (Wildman–Crippen MR) is 195 cm³/mol. The van der Waals surface area contributed by atoms with E-state index in [-0.39, 0.29) is 4.90 Å². The van der Waals surface area contributed by atoms with Gasteiger partial charge in [-0.2, -0.15) is 8.87 Å². The van der Waals surface area contributed by atoms with Crippen LogP contribution in [0.1, 0.15) is 42.6 Å². The lowest BCUT2D eigenvalue weighted by atomic mass is 9.92. The molecule has 2 aromatic heterocycles. The number of fused-ring (bicyclic) bond motifs is 3. The van der Waals surface area contributed by atoms with Gasteiger partial charge in [-0.15, -0.1) is 0 Å². The molecule has 0 unspecified atom stereocenters. The maximum absolute atomic E-state index is 14.0. The number of nitrogens with one attached hydrogen (secondary N) is 3. The smallest absolute Gasteiger partial charge is 0.243 e. The molecule has 3 N–H and O–H groups in total. The van der Waals surface area contributed by atoms with Crippen molar-refractivity contribution in [1.82, 2.24) is 4.31 Å². The van der Waals surface area contributed by atoms with Crippen molar-refractivity contribution in [3.05, 3.63) is 93.7 Å². The van der Waals surface area contributed by atoms with Gasteiger partial charge in [0, 0.05) is 73.3 Å². The Kier molecular flexibility index (Phi) is 10.6. The molecule has 0 radical (unpaired) electrons. The molecule has 0 atom stereocenters. The number of aromatic amines is 1. The van der Waals surface area contributed by atoms with Crippen LogP contribution in [0.25, 0.3) is 21.8 Å². The number of halogens is 2. The molecule has 1 aliphatic carbocycles. The first-order valence-electron chi connectivity index (χ1n) is 16.5. The highest BCUT2D eigenvalue weighted by Gasteiger charge is 2.26. The van der Waals surface area contributed by atoms with E-state index in [9.17, 15) is 8.42 Å². The van der Waals surface area contributed by atoms with Gasteiger partial charge in [0.2, 0.25) is 21.1 Å². The van der Waals surface area contributed by atoms with Crippen LogP contribution in [0, 0.1) is 6.92 Å². The van der Waals surface area contributed by atoms with Crippen molar-refractivity contribution in [2.45, 2.75) is 50.3 Å². The number of rotatable bonds is 13. The molecule has 8 nitrogen and oxygen atoms in total. The summed E-state index contributed by atoms with van der Waals surface area (Å²) in [5, 5.41) is 10.7. The van der Waals surface area contributed by atoms with Crippen molar-refractivity contribution in [2.75, 3.05) is 43.9 Å². The summed E-state index contributed by atoms with van der Waals surface area (Å²) in [7, 11) is -0.164. The monoisotopic (exact) mass is 707 g/mol. The average Bonchev–Trinajstić information content (AvgIpc) is 3.09. The maximum Gasteiger partial charge on any atom is 0.243 e. The number of hydrogen-bond donors (Lipinski definition) is 2. The first kappa shape index (κ1) is 34.2. The fourth-order valence-electron chi connectivity index (χ4n) is 6.61. The van der Waals surface area contributed by atoms with Crippen LogP contribution in [-0.2, 0) is 29.9 Å². The minimum atomic E-state index is -3.76. The zero-order valence-corrected chi connectivity index (χ0v) is 30.0. The largest absolute Gasteiger partial charge is 0.497 e. The quantitative estimate of drug-likeness (QED) is 0.100. The summed E-state index contributed by atoms with van der Waals surface area (Å²) in [6, 6.07) is 20.5. The molecule has 2 heterocycles. The summed E-state index contributed by atoms with van der Waals surface area (Å²) in [6.45, 7) is 3.89. The summed E-state index contributed by atoms with van der Waals surface area (Å²) in [6.07, 6.45) is 5.91. The first-order chi connectivity index (χ1) is 23.2. The molecule has 0 fully saturated rings. The van der Waals surface area contributed by atoms with Crippen molar-refractivity contribution in [2.24, 2.45) is 7.05 Å². The Balaban J connectivity index is 1.17. The van der Waals surface area contributed by atoms with E-state index in [0.29, 0.717) is 41.8 Å². The van der Waals surface area contributed by atoms with Gasteiger partial charge in [0.15, 0.2) is 11.4 Å². The normalized spacial score (nSPS) is 13.2. The van der Waals surface area contributed by atoms with E-state index < -0.39 is 10.0 Å². The number of ether oxygens (including phenoxy) is 1. The van der Waals surface area contributed by atoms with Crippen LogP contribution in [0.15, 0.2) is 71.6 Å². The molecule has 252 valence electrons. The minimum Gasteiger partial charge on any atom is -0.497 e. The summed E-state index contributed by atoms with van der Waals surface area (Å²) in [4.78, 5) is 3.87. The molecule has 0 spiro atoms. The van der Waals surface area contributed by atoms with Crippen molar-refractivity contribution < 1.29 is 22.7 Å². The number of unbranched alkanes of at least 4 members (excludes halogenated alkanes) is 1. The second-order valence-electron chi connectivity index (χ2n) is 12.4. The van der Waals surface area contributed by atoms with Gasteiger partial charge >= 0.3 is 0 Å². The van der Waals surface area contributed by atoms with Crippen LogP contribution in [0.5, 0.6) is 5.75 Å². The van der Waals surface area contributed by atoms with Crippen LogP contribution < -0.4 is 24.9 Å². The zero-order chi connectivity index (χ0) is 33.8. The summed E-state index contributed by atoms with van der Waals surface area (Å²) in [5.41, 5.74) is 7.89. The minimum absolute atomic E-state index is 0.247. The molecular formula is C37H43Cl2N5O3S+2. The maximum atomic E-state index is 14.0. The molecule has 0 aliphatic heterocycles. The Labute approximate surface area is 293 Å². The number of pyridine rings is 2. The van der Waals surface area contributed by atoms with E-state index >= 15 is 0 Å². The van der Waals surface area contributed by atoms with E-state index in [1.807, 2.05) is 43.4 Å². The van der Waals surface area contributed by atoms with Crippen LogP contribution in [-0.4, -0.2) is 46.0 Å². The molecule has 0 bridgehead atoms. The highest BCUT2D eigenvalue weighted by Crippen LogP contribution is 2.33. The van der Waals surface area contributed by atoms with E-state index in [0.717, 1.165) is 71.1 Å². The Morgan fingerprint density at radius 3 is 2.38 bits per heavy atom. The number of benzene rings is 3. The number of nitrogens with zero attached hydrogens (tertiary/aromatic N) is 2. The fourth-order valence-corrected chi connectivity index (χ4v) is 8.43. The van der Waals surface area contributed by atoms with Gasteiger partial charge in [-0.25, -0.2) is 13.4 Å². The standard InChI is InChI=1S/C37H41Cl2N5O3S/c1-25-22-35(31-23-27(39)11-17-36(31)43(25)2)40-19-21-44(48(45,46)29-14-12-28(47-3)13-15-29)20-7-6-18-41-37-30-8-4-5-9-33(30)42-34-16-10-26(38)24-32(34)37/h10-17,22-24H,4-9,18-21H2,1-3H3,(H,41,42)/p+2. The van der Waals surface area contributed by atoms with Crippen LogP contribution in [0.2, 0.25) is 10.0 Å². The predicted octanol–water partition coefficient (Wildman–Crippen LogP) is 7.13.